The van der Waals surface area contributed by atoms with Crippen molar-refractivity contribution >= 4 is 23.8 Å². The van der Waals surface area contributed by atoms with Gasteiger partial charge in [-0.15, -0.1) is 5.10 Å². The van der Waals surface area contributed by atoms with Gasteiger partial charge in [0, 0.05) is 30.4 Å². The van der Waals surface area contributed by atoms with E-state index in [1.807, 2.05) is 6.92 Å². The molecule has 38 heavy (non-hydrogen) atoms. The van der Waals surface area contributed by atoms with Gasteiger partial charge in [0.15, 0.2) is 18.1 Å². The number of benzene rings is 1. The summed E-state index contributed by atoms with van der Waals surface area (Å²) in [5.41, 5.74) is 8.41. The molecule has 2 heterocycles. The number of ether oxygens (including phenoxy) is 1. The SMILES string of the molecule is Cc1c(CN(C=O)C(C)C2CC2)cc(-c2ccn3nc(N)c(C(=O)NC4CC4)c3n2)cc1OCC(F)(F)F. The molecule has 1 atom stereocenters. The number of anilines is 1. The van der Waals surface area contributed by atoms with Crippen molar-refractivity contribution in [1.29, 1.82) is 0 Å². The predicted octanol–water partition coefficient (Wildman–Crippen LogP) is 3.88. The summed E-state index contributed by atoms with van der Waals surface area (Å²) in [7, 11) is 0. The second-order valence-electron chi connectivity index (χ2n) is 10.1. The molecule has 3 aromatic rings. The standard InChI is InChI=1S/C26H29F3N6O3/c1-14-18(11-34(13-36)15(2)16-3-4-16)9-17(10-21(14)38-12-26(27,28)29)20-7-8-35-24(32-20)22(23(30)33-35)25(37)31-19-5-6-19/h7-10,13,15-16,19H,3-6,11-12H2,1-2H3,(H2,30,33)(H,31,37). The number of hydrogen-bond acceptors (Lipinski definition) is 6. The van der Waals surface area contributed by atoms with Gasteiger partial charge in [0.05, 0.1) is 5.69 Å². The molecule has 0 spiro atoms. The fourth-order valence-corrected chi connectivity index (χ4v) is 4.50. The number of amides is 2. The second-order valence-corrected chi connectivity index (χ2v) is 10.1. The number of nitrogens with one attached hydrogen (secondary N) is 1. The van der Waals surface area contributed by atoms with Crippen LogP contribution in [0.5, 0.6) is 5.75 Å². The van der Waals surface area contributed by atoms with Crippen molar-refractivity contribution in [3.63, 3.8) is 0 Å². The Bertz CT molecular complexity index is 1380. The molecule has 2 aromatic heterocycles. The van der Waals surface area contributed by atoms with Crippen molar-refractivity contribution in [2.75, 3.05) is 12.3 Å². The summed E-state index contributed by atoms with van der Waals surface area (Å²) in [6.45, 7) is 2.40. The number of hydrogen-bond donors (Lipinski definition) is 2. The molecular formula is C26H29F3N6O3. The van der Waals surface area contributed by atoms with Crippen LogP contribution in [0.1, 0.15) is 54.1 Å². The quantitative estimate of drug-likeness (QED) is 0.385. The lowest BCUT2D eigenvalue weighted by molar-refractivity contribution is -0.153. The summed E-state index contributed by atoms with van der Waals surface area (Å²) >= 11 is 0. The Labute approximate surface area is 217 Å². The molecule has 2 amide bonds. The zero-order valence-corrected chi connectivity index (χ0v) is 21.1. The molecule has 0 bridgehead atoms. The van der Waals surface area contributed by atoms with Crippen molar-refractivity contribution in [3.05, 3.63) is 41.1 Å². The smallest absolute Gasteiger partial charge is 0.422 e. The first-order valence-electron chi connectivity index (χ1n) is 12.5. The summed E-state index contributed by atoms with van der Waals surface area (Å²) < 4.78 is 45.6. The van der Waals surface area contributed by atoms with Crippen LogP contribution >= 0.6 is 0 Å². The van der Waals surface area contributed by atoms with E-state index in [-0.39, 0.29) is 47.3 Å². The number of rotatable bonds is 10. The van der Waals surface area contributed by atoms with E-state index >= 15 is 0 Å². The third-order valence-corrected chi connectivity index (χ3v) is 7.12. The lowest BCUT2D eigenvalue weighted by Crippen LogP contribution is -2.33. The van der Waals surface area contributed by atoms with Gasteiger partial charge >= 0.3 is 6.18 Å². The van der Waals surface area contributed by atoms with Crippen LogP contribution < -0.4 is 15.8 Å². The summed E-state index contributed by atoms with van der Waals surface area (Å²) in [6.07, 6.45) is 1.72. The topological polar surface area (TPSA) is 115 Å². The van der Waals surface area contributed by atoms with E-state index in [2.05, 4.69) is 15.4 Å². The molecule has 2 aliphatic rings. The normalized spacial score (nSPS) is 16.3. The van der Waals surface area contributed by atoms with Crippen LogP contribution in [0.25, 0.3) is 16.9 Å². The Kier molecular flexibility index (Phi) is 6.66. The number of aromatic nitrogens is 3. The van der Waals surface area contributed by atoms with Crippen LogP contribution in [0.3, 0.4) is 0 Å². The van der Waals surface area contributed by atoms with Gasteiger partial charge in [0.2, 0.25) is 6.41 Å². The molecule has 2 saturated carbocycles. The van der Waals surface area contributed by atoms with Crippen LogP contribution in [0.2, 0.25) is 0 Å². The molecule has 202 valence electrons. The molecule has 1 unspecified atom stereocenters. The molecule has 1 aromatic carbocycles. The van der Waals surface area contributed by atoms with Gasteiger partial charge in [0.1, 0.15) is 11.3 Å². The minimum absolute atomic E-state index is 0.00637. The fourth-order valence-electron chi connectivity index (χ4n) is 4.50. The minimum atomic E-state index is -4.52. The number of carbonyl (C=O) groups excluding carboxylic acids is 2. The lowest BCUT2D eigenvalue weighted by Gasteiger charge is -2.27. The Morgan fingerprint density at radius 3 is 2.68 bits per heavy atom. The monoisotopic (exact) mass is 530 g/mol. The maximum atomic E-state index is 13.0. The Balaban J connectivity index is 1.55. The highest BCUT2D eigenvalue weighted by Gasteiger charge is 2.33. The summed E-state index contributed by atoms with van der Waals surface area (Å²) in [6, 6.07) is 5.02. The molecule has 0 radical (unpaired) electrons. The van der Waals surface area contributed by atoms with E-state index in [0.717, 1.165) is 32.1 Å². The minimum Gasteiger partial charge on any atom is -0.484 e. The number of nitrogens with zero attached hydrogens (tertiary/aromatic N) is 4. The molecule has 9 nitrogen and oxygen atoms in total. The van der Waals surface area contributed by atoms with Crippen LogP contribution in [-0.4, -0.2) is 56.7 Å². The first-order valence-corrected chi connectivity index (χ1v) is 12.5. The fraction of sp³-hybridized carbons (Fsp3) is 0.462. The molecule has 2 aliphatic carbocycles. The third-order valence-electron chi connectivity index (χ3n) is 7.12. The van der Waals surface area contributed by atoms with E-state index in [4.69, 9.17) is 10.5 Å². The van der Waals surface area contributed by atoms with Gasteiger partial charge in [-0.1, -0.05) is 0 Å². The molecule has 0 saturated heterocycles. The van der Waals surface area contributed by atoms with Crippen molar-refractivity contribution in [2.24, 2.45) is 5.92 Å². The highest BCUT2D eigenvalue weighted by Crippen LogP contribution is 2.37. The Hall–Kier alpha value is -3.83. The number of nitrogen functional groups attached to an aromatic ring is 1. The maximum Gasteiger partial charge on any atom is 0.422 e. The maximum absolute atomic E-state index is 13.0. The molecule has 3 N–H and O–H groups in total. The van der Waals surface area contributed by atoms with Gasteiger partial charge < -0.3 is 20.7 Å². The number of fused-ring (bicyclic) bond motifs is 1. The molecule has 5 rings (SSSR count). The summed E-state index contributed by atoms with van der Waals surface area (Å²) in [5.74, 6) is 0.115. The van der Waals surface area contributed by atoms with Gasteiger partial charge in [-0.2, -0.15) is 13.2 Å². The van der Waals surface area contributed by atoms with Crippen molar-refractivity contribution in [1.82, 2.24) is 24.8 Å². The first kappa shape index (κ1) is 25.8. The van der Waals surface area contributed by atoms with Crippen LogP contribution in [0.4, 0.5) is 19.0 Å². The zero-order chi connectivity index (χ0) is 27.2. The number of halogens is 3. The van der Waals surface area contributed by atoms with E-state index < -0.39 is 12.8 Å². The zero-order valence-electron chi connectivity index (χ0n) is 21.1. The molecule has 0 aliphatic heterocycles. The molecule has 12 heteroatoms. The third kappa shape index (κ3) is 5.53. The van der Waals surface area contributed by atoms with Crippen molar-refractivity contribution in [2.45, 2.75) is 64.3 Å². The van der Waals surface area contributed by atoms with E-state index in [1.54, 1.807) is 30.2 Å². The number of carbonyl (C=O) groups is 2. The van der Waals surface area contributed by atoms with E-state index in [1.165, 1.54) is 10.6 Å². The average molecular weight is 531 g/mol. The first-order chi connectivity index (χ1) is 18.0. The van der Waals surface area contributed by atoms with Gasteiger partial charge in [-0.05, 0) is 74.8 Å². The summed E-state index contributed by atoms with van der Waals surface area (Å²) in [4.78, 5) is 31.0. The van der Waals surface area contributed by atoms with Crippen molar-refractivity contribution in [3.8, 4) is 17.0 Å². The predicted molar refractivity (Wildman–Crippen MR) is 133 cm³/mol. The van der Waals surface area contributed by atoms with Crippen LogP contribution in [0.15, 0.2) is 24.4 Å². The van der Waals surface area contributed by atoms with Gasteiger partial charge in [0.25, 0.3) is 5.91 Å². The van der Waals surface area contributed by atoms with Gasteiger partial charge in [-0.3, -0.25) is 9.59 Å². The highest BCUT2D eigenvalue weighted by molar-refractivity contribution is 6.04. The van der Waals surface area contributed by atoms with E-state index in [0.29, 0.717) is 28.3 Å². The summed E-state index contributed by atoms with van der Waals surface area (Å²) in [5, 5.41) is 7.05. The lowest BCUT2D eigenvalue weighted by atomic mass is 10.0. The van der Waals surface area contributed by atoms with Crippen molar-refractivity contribution < 1.29 is 27.5 Å². The van der Waals surface area contributed by atoms with E-state index in [9.17, 15) is 22.8 Å². The second kappa shape index (κ2) is 9.80. The largest absolute Gasteiger partial charge is 0.484 e. The Morgan fingerprint density at radius 1 is 1.32 bits per heavy atom. The van der Waals surface area contributed by atoms with Gasteiger partial charge in [-0.25, -0.2) is 9.50 Å². The van der Waals surface area contributed by atoms with Crippen LogP contribution in [0, 0.1) is 12.8 Å². The number of nitrogens with two attached hydrogens (primary N) is 1. The molecular weight excluding hydrogens is 501 g/mol. The highest BCUT2D eigenvalue weighted by atomic mass is 19.4. The van der Waals surface area contributed by atoms with Crippen LogP contribution in [-0.2, 0) is 11.3 Å². The Morgan fingerprint density at radius 2 is 2.05 bits per heavy atom. The number of alkyl halides is 3. The average Bonchev–Trinajstić information content (AvgIpc) is 3.79. The molecule has 2 fully saturated rings.